The van der Waals surface area contributed by atoms with E-state index in [0.29, 0.717) is 0 Å². The molecule has 18 heavy (non-hydrogen) atoms. The highest BCUT2D eigenvalue weighted by Crippen LogP contribution is 2.24. The van der Waals surface area contributed by atoms with E-state index in [1.807, 2.05) is 7.05 Å². The van der Waals surface area contributed by atoms with Crippen LogP contribution in [0.15, 0.2) is 24.3 Å². The Hall–Kier alpha value is -1.02. The first kappa shape index (κ1) is 13.4. The first-order valence-electron chi connectivity index (χ1n) is 7.23. The number of nitrogens with one attached hydrogen (secondary N) is 1. The molecular formula is C16H26N2. The molecule has 0 atom stereocenters. The van der Waals surface area contributed by atoms with E-state index in [1.54, 1.807) is 0 Å². The summed E-state index contributed by atoms with van der Waals surface area (Å²) in [4.78, 5) is 2.48. The fraction of sp³-hybridized carbons (Fsp3) is 0.625. The second kappa shape index (κ2) is 6.79. The van der Waals surface area contributed by atoms with E-state index < -0.39 is 0 Å². The van der Waals surface area contributed by atoms with Crippen LogP contribution in [-0.4, -0.2) is 25.5 Å². The van der Waals surface area contributed by atoms with Gasteiger partial charge in [0, 0.05) is 25.8 Å². The molecule has 0 aromatic heterocycles. The number of rotatable bonds is 5. The quantitative estimate of drug-likeness (QED) is 0.851. The van der Waals surface area contributed by atoms with Crippen molar-refractivity contribution in [2.24, 2.45) is 5.92 Å². The van der Waals surface area contributed by atoms with Crippen molar-refractivity contribution < 1.29 is 0 Å². The Kier molecular flexibility index (Phi) is 5.06. The van der Waals surface area contributed by atoms with Crippen LogP contribution >= 0.6 is 0 Å². The molecule has 0 bridgehead atoms. The van der Waals surface area contributed by atoms with Gasteiger partial charge in [-0.3, -0.25) is 0 Å². The van der Waals surface area contributed by atoms with Crippen molar-refractivity contribution in [1.29, 1.82) is 0 Å². The fourth-order valence-electron chi connectivity index (χ4n) is 2.96. The summed E-state index contributed by atoms with van der Waals surface area (Å²) in [5.74, 6) is 0.931. The second-order valence-electron chi connectivity index (χ2n) is 5.65. The molecule has 1 N–H and O–H groups in total. The third-order valence-corrected chi connectivity index (χ3v) is 3.99. The summed E-state index contributed by atoms with van der Waals surface area (Å²) in [6.07, 6.45) is 7.20. The van der Waals surface area contributed by atoms with Crippen LogP contribution in [0.5, 0.6) is 0 Å². The van der Waals surface area contributed by atoms with Crippen molar-refractivity contribution >= 4 is 5.69 Å². The monoisotopic (exact) mass is 246 g/mol. The number of hydrogen-bond donors (Lipinski definition) is 1. The molecule has 0 amide bonds. The van der Waals surface area contributed by atoms with Gasteiger partial charge < -0.3 is 10.2 Å². The smallest absolute Gasteiger partial charge is 0.0337 e. The van der Waals surface area contributed by atoms with E-state index in [4.69, 9.17) is 0 Å². The molecule has 1 aromatic carbocycles. The molecule has 0 radical (unpaired) electrons. The molecule has 2 heteroatoms. The van der Waals surface area contributed by atoms with Crippen LogP contribution in [0, 0.1) is 5.92 Å². The average molecular weight is 246 g/mol. The summed E-state index contributed by atoms with van der Waals surface area (Å²) in [6.45, 7) is 2.33. The predicted octanol–water partition coefficient (Wildman–Crippen LogP) is 3.74. The Morgan fingerprint density at radius 3 is 2.39 bits per heavy atom. The maximum atomic E-state index is 3.16. The van der Waals surface area contributed by atoms with Gasteiger partial charge in [0.05, 0.1) is 0 Å². The van der Waals surface area contributed by atoms with Gasteiger partial charge in [-0.25, -0.2) is 0 Å². The molecule has 1 aromatic rings. The highest BCUT2D eigenvalue weighted by atomic mass is 15.1. The number of anilines is 1. The zero-order chi connectivity index (χ0) is 12.8. The molecule has 2 rings (SSSR count). The Labute approximate surface area is 111 Å². The maximum absolute atomic E-state index is 3.16. The summed E-state index contributed by atoms with van der Waals surface area (Å²) >= 11 is 0. The van der Waals surface area contributed by atoms with Gasteiger partial charge in [0.1, 0.15) is 0 Å². The average Bonchev–Trinajstić information content (AvgIpc) is 2.40. The lowest BCUT2D eigenvalue weighted by Crippen LogP contribution is -2.26. The molecule has 0 heterocycles. The molecule has 0 aliphatic heterocycles. The summed E-state index contributed by atoms with van der Waals surface area (Å²) in [5.41, 5.74) is 2.60. The Bertz CT molecular complexity index is 339. The fourth-order valence-corrected chi connectivity index (χ4v) is 2.96. The third-order valence-electron chi connectivity index (χ3n) is 3.99. The van der Waals surface area contributed by atoms with Gasteiger partial charge in [-0.05, 0) is 43.5 Å². The van der Waals surface area contributed by atoms with Crippen LogP contribution in [0.3, 0.4) is 0 Å². The Morgan fingerprint density at radius 2 is 1.78 bits per heavy atom. The molecule has 100 valence electrons. The lowest BCUT2D eigenvalue weighted by Gasteiger charge is -2.27. The van der Waals surface area contributed by atoms with Gasteiger partial charge in [0.25, 0.3) is 0 Å². The van der Waals surface area contributed by atoms with E-state index in [-0.39, 0.29) is 0 Å². The first-order valence-corrected chi connectivity index (χ1v) is 7.23. The van der Waals surface area contributed by atoms with Crippen LogP contribution < -0.4 is 5.32 Å². The van der Waals surface area contributed by atoms with Crippen LogP contribution in [-0.2, 0) is 6.54 Å². The number of benzene rings is 1. The van der Waals surface area contributed by atoms with Crippen LogP contribution in [0.1, 0.15) is 37.7 Å². The molecule has 0 saturated heterocycles. The maximum Gasteiger partial charge on any atom is 0.0337 e. The highest BCUT2D eigenvalue weighted by molar-refractivity contribution is 5.43. The van der Waals surface area contributed by atoms with Crippen molar-refractivity contribution in [3.63, 3.8) is 0 Å². The molecule has 1 aliphatic rings. The van der Waals surface area contributed by atoms with E-state index in [9.17, 15) is 0 Å². The molecule has 2 nitrogen and oxygen atoms in total. The van der Waals surface area contributed by atoms with E-state index in [0.717, 1.165) is 12.5 Å². The minimum Gasteiger partial charge on any atom is -0.388 e. The van der Waals surface area contributed by atoms with Crippen molar-refractivity contribution in [2.45, 2.75) is 38.6 Å². The topological polar surface area (TPSA) is 15.3 Å². The normalized spacial score (nSPS) is 17.1. The van der Waals surface area contributed by atoms with Crippen molar-refractivity contribution in [1.82, 2.24) is 4.90 Å². The zero-order valence-corrected chi connectivity index (χ0v) is 11.8. The Morgan fingerprint density at radius 1 is 1.11 bits per heavy atom. The summed E-state index contributed by atoms with van der Waals surface area (Å²) in [5, 5.41) is 3.16. The zero-order valence-electron chi connectivity index (χ0n) is 11.8. The van der Waals surface area contributed by atoms with E-state index in [1.165, 1.54) is 49.9 Å². The number of hydrogen-bond acceptors (Lipinski definition) is 2. The summed E-state index contributed by atoms with van der Waals surface area (Å²) in [7, 11) is 4.21. The molecule has 1 aliphatic carbocycles. The minimum absolute atomic E-state index is 0.931. The molecule has 1 fully saturated rings. The predicted molar refractivity (Wildman–Crippen MR) is 78.9 cm³/mol. The second-order valence-corrected chi connectivity index (χ2v) is 5.65. The molecule has 1 saturated carbocycles. The number of nitrogens with zero attached hydrogens (tertiary/aromatic N) is 1. The van der Waals surface area contributed by atoms with Crippen molar-refractivity contribution in [2.75, 3.05) is 26.0 Å². The summed E-state index contributed by atoms with van der Waals surface area (Å²) < 4.78 is 0. The van der Waals surface area contributed by atoms with Gasteiger partial charge in [-0.1, -0.05) is 31.4 Å². The van der Waals surface area contributed by atoms with E-state index in [2.05, 4.69) is 41.5 Å². The third kappa shape index (κ3) is 4.02. The minimum atomic E-state index is 0.931. The van der Waals surface area contributed by atoms with Gasteiger partial charge in [0.15, 0.2) is 0 Å². The van der Waals surface area contributed by atoms with Crippen LogP contribution in [0.25, 0.3) is 0 Å². The first-order chi connectivity index (χ1) is 8.78. The van der Waals surface area contributed by atoms with Gasteiger partial charge >= 0.3 is 0 Å². The summed E-state index contributed by atoms with van der Waals surface area (Å²) in [6, 6.07) is 8.76. The van der Waals surface area contributed by atoms with Crippen LogP contribution in [0.2, 0.25) is 0 Å². The van der Waals surface area contributed by atoms with E-state index >= 15 is 0 Å². The lowest BCUT2D eigenvalue weighted by atomic mass is 9.89. The molecule has 0 spiro atoms. The van der Waals surface area contributed by atoms with Gasteiger partial charge in [-0.15, -0.1) is 0 Å². The highest BCUT2D eigenvalue weighted by Gasteiger charge is 2.15. The van der Waals surface area contributed by atoms with Gasteiger partial charge in [-0.2, -0.15) is 0 Å². The SMILES string of the molecule is CNc1ccc(CN(C)CC2CCCCC2)cc1. The molecular weight excluding hydrogens is 220 g/mol. The standard InChI is InChI=1S/C16H26N2/c1-17-16-10-8-15(9-11-16)13-18(2)12-14-6-4-3-5-7-14/h8-11,14,17H,3-7,12-13H2,1-2H3. The Balaban J connectivity index is 1.80. The lowest BCUT2D eigenvalue weighted by molar-refractivity contribution is 0.228. The van der Waals surface area contributed by atoms with Crippen molar-refractivity contribution in [3.05, 3.63) is 29.8 Å². The largest absolute Gasteiger partial charge is 0.388 e. The van der Waals surface area contributed by atoms with Crippen LogP contribution in [0.4, 0.5) is 5.69 Å². The molecule has 0 unspecified atom stereocenters. The van der Waals surface area contributed by atoms with Crippen molar-refractivity contribution in [3.8, 4) is 0 Å². The van der Waals surface area contributed by atoms with Gasteiger partial charge in [0.2, 0.25) is 0 Å².